The van der Waals surface area contributed by atoms with Crippen LogP contribution in [0.1, 0.15) is 18.9 Å². The molecule has 0 heterocycles. The van der Waals surface area contributed by atoms with Crippen molar-refractivity contribution in [2.24, 2.45) is 5.73 Å². The third kappa shape index (κ3) is 3.90. The lowest BCUT2D eigenvalue weighted by Crippen LogP contribution is -2.29. The van der Waals surface area contributed by atoms with E-state index >= 15 is 0 Å². The molecule has 1 unspecified atom stereocenters. The molecule has 0 aliphatic rings. The van der Waals surface area contributed by atoms with Crippen molar-refractivity contribution < 1.29 is 9.53 Å². The Morgan fingerprint density at radius 1 is 1.50 bits per heavy atom. The minimum atomic E-state index is -0.113. The number of hydrogen-bond donors (Lipinski definition) is 2. The van der Waals surface area contributed by atoms with Crippen molar-refractivity contribution in [2.45, 2.75) is 25.9 Å². The fraction of sp³-hybridized carbons (Fsp3) is 0.417. The van der Waals surface area contributed by atoms with E-state index in [1.165, 1.54) is 0 Å². The maximum atomic E-state index is 11.4. The number of ether oxygens (including phenoxy) is 1. The van der Waals surface area contributed by atoms with Gasteiger partial charge in [-0.25, -0.2) is 0 Å². The summed E-state index contributed by atoms with van der Waals surface area (Å²) < 4.78 is 5.18. The molecule has 0 fully saturated rings. The van der Waals surface area contributed by atoms with Gasteiger partial charge >= 0.3 is 0 Å². The van der Waals surface area contributed by atoms with E-state index in [9.17, 15) is 4.79 Å². The minimum Gasteiger partial charge on any atom is -0.496 e. The fourth-order valence-electron chi connectivity index (χ4n) is 1.41. The van der Waals surface area contributed by atoms with E-state index in [0.29, 0.717) is 13.0 Å². The van der Waals surface area contributed by atoms with Crippen LogP contribution in [0.15, 0.2) is 24.3 Å². The van der Waals surface area contributed by atoms with Gasteiger partial charge in [0.1, 0.15) is 5.75 Å². The maximum Gasteiger partial charge on any atom is 0.221 e. The topological polar surface area (TPSA) is 64.3 Å². The van der Waals surface area contributed by atoms with Crippen molar-refractivity contribution in [1.82, 2.24) is 5.32 Å². The molecule has 4 nitrogen and oxygen atoms in total. The summed E-state index contributed by atoms with van der Waals surface area (Å²) in [4.78, 5) is 11.4. The molecule has 1 amide bonds. The summed E-state index contributed by atoms with van der Waals surface area (Å²) in [5.41, 5.74) is 6.49. The normalized spacial score (nSPS) is 11.9. The molecule has 0 aliphatic heterocycles. The van der Waals surface area contributed by atoms with Gasteiger partial charge in [-0.2, -0.15) is 0 Å². The SMILES string of the molecule is COc1ccccc1CNC(=O)CC(C)N. The average molecular weight is 222 g/mol. The van der Waals surface area contributed by atoms with Gasteiger partial charge < -0.3 is 15.8 Å². The molecule has 0 bridgehead atoms. The molecular weight excluding hydrogens is 204 g/mol. The first-order valence-electron chi connectivity index (χ1n) is 5.27. The quantitative estimate of drug-likeness (QED) is 0.782. The number of para-hydroxylation sites is 1. The Bertz CT molecular complexity index is 351. The molecule has 1 atom stereocenters. The van der Waals surface area contributed by atoms with Gasteiger partial charge in [-0.3, -0.25) is 4.79 Å². The van der Waals surface area contributed by atoms with Crippen LogP contribution in [0.3, 0.4) is 0 Å². The number of carbonyl (C=O) groups is 1. The van der Waals surface area contributed by atoms with Gasteiger partial charge in [0, 0.05) is 24.6 Å². The predicted octanol–water partition coefficient (Wildman–Crippen LogP) is 1.05. The van der Waals surface area contributed by atoms with E-state index in [-0.39, 0.29) is 11.9 Å². The number of methoxy groups -OCH3 is 1. The van der Waals surface area contributed by atoms with Gasteiger partial charge in [0.2, 0.25) is 5.91 Å². The van der Waals surface area contributed by atoms with Gasteiger partial charge in [0.25, 0.3) is 0 Å². The largest absolute Gasteiger partial charge is 0.496 e. The van der Waals surface area contributed by atoms with Crippen molar-refractivity contribution in [3.05, 3.63) is 29.8 Å². The maximum absolute atomic E-state index is 11.4. The molecule has 0 aromatic heterocycles. The van der Waals surface area contributed by atoms with Crippen molar-refractivity contribution in [3.8, 4) is 5.75 Å². The Morgan fingerprint density at radius 3 is 2.81 bits per heavy atom. The zero-order chi connectivity index (χ0) is 12.0. The zero-order valence-corrected chi connectivity index (χ0v) is 9.69. The number of amides is 1. The molecule has 3 N–H and O–H groups in total. The van der Waals surface area contributed by atoms with E-state index in [1.54, 1.807) is 7.11 Å². The molecule has 88 valence electrons. The number of rotatable bonds is 5. The summed E-state index contributed by atoms with van der Waals surface area (Å²) in [5, 5.41) is 2.81. The Kier molecular flexibility index (Phi) is 4.79. The van der Waals surface area contributed by atoms with Crippen LogP contribution >= 0.6 is 0 Å². The second kappa shape index (κ2) is 6.12. The molecule has 1 aromatic carbocycles. The number of carbonyl (C=O) groups excluding carboxylic acids is 1. The third-order valence-corrected chi connectivity index (χ3v) is 2.18. The van der Waals surface area contributed by atoms with Crippen molar-refractivity contribution in [1.29, 1.82) is 0 Å². The molecule has 0 aliphatic carbocycles. The lowest BCUT2D eigenvalue weighted by Gasteiger charge is -2.10. The second-order valence-corrected chi connectivity index (χ2v) is 3.77. The first-order valence-corrected chi connectivity index (χ1v) is 5.27. The average Bonchev–Trinajstić information content (AvgIpc) is 2.26. The fourth-order valence-corrected chi connectivity index (χ4v) is 1.41. The highest BCUT2D eigenvalue weighted by atomic mass is 16.5. The minimum absolute atomic E-state index is 0.0408. The molecule has 0 radical (unpaired) electrons. The molecule has 16 heavy (non-hydrogen) atoms. The summed E-state index contributed by atoms with van der Waals surface area (Å²) in [5.74, 6) is 0.740. The Balaban J connectivity index is 2.51. The third-order valence-electron chi connectivity index (χ3n) is 2.18. The van der Waals surface area contributed by atoms with Crippen LogP contribution in [-0.2, 0) is 11.3 Å². The van der Waals surface area contributed by atoms with Crippen LogP contribution in [0.4, 0.5) is 0 Å². The predicted molar refractivity (Wildman–Crippen MR) is 63.1 cm³/mol. The first kappa shape index (κ1) is 12.5. The lowest BCUT2D eigenvalue weighted by molar-refractivity contribution is -0.121. The van der Waals surface area contributed by atoms with Crippen LogP contribution in [0.2, 0.25) is 0 Å². The molecule has 0 saturated carbocycles. The number of nitrogens with two attached hydrogens (primary N) is 1. The van der Waals surface area contributed by atoms with Gasteiger partial charge in [-0.1, -0.05) is 18.2 Å². The van der Waals surface area contributed by atoms with Crippen LogP contribution in [0, 0.1) is 0 Å². The molecule has 0 spiro atoms. The van der Waals surface area contributed by atoms with Gasteiger partial charge in [-0.05, 0) is 13.0 Å². The van der Waals surface area contributed by atoms with E-state index in [2.05, 4.69) is 5.32 Å². The first-order chi connectivity index (χ1) is 7.63. The van der Waals surface area contributed by atoms with Gasteiger partial charge in [0.15, 0.2) is 0 Å². The van der Waals surface area contributed by atoms with Gasteiger partial charge in [-0.15, -0.1) is 0 Å². The Labute approximate surface area is 95.8 Å². The van der Waals surface area contributed by atoms with Crippen LogP contribution in [-0.4, -0.2) is 19.1 Å². The molecular formula is C12H18N2O2. The standard InChI is InChI=1S/C12H18N2O2/c1-9(13)7-12(15)14-8-10-5-3-4-6-11(10)16-2/h3-6,9H,7-8,13H2,1-2H3,(H,14,15). The molecule has 1 rings (SSSR count). The summed E-state index contributed by atoms with van der Waals surface area (Å²) in [6.07, 6.45) is 0.342. The molecule has 1 aromatic rings. The van der Waals surface area contributed by atoms with Crippen molar-refractivity contribution in [2.75, 3.05) is 7.11 Å². The lowest BCUT2D eigenvalue weighted by atomic mass is 10.2. The summed E-state index contributed by atoms with van der Waals surface area (Å²) in [6, 6.07) is 7.48. The van der Waals surface area contributed by atoms with Crippen LogP contribution < -0.4 is 15.8 Å². The van der Waals surface area contributed by atoms with E-state index in [0.717, 1.165) is 11.3 Å². The molecule has 0 saturated heterocycles. The van der Waals surface area contributed by atoms with Crippen LogP contribution in [0.5, 0.6) is 5.75 Å². The summed E-state index contributed by atoms with van der Waals surface area (Å²) in [7, 11) is 1.61. The van der Waals surface area contributed by atoms with E-state index in [4.69, 9.17) is 10.5 Å². The summed E-state index contributed by atoms with van der Waals surface area (Å²) in [6.45, 7) is 2.28. The Hall–Kier alpha value is -1.55. The van der Waals surface area contributed by atoms with Crippen molar-refractivity contribution >= 4 is 5.91 Å². The number of nitrogens with one attached hydrogen (secondary N) is 1. The van der Waals surface area contributed by atoms with Crippen LogP contribution in [0.25, 0.3) is 0 Å². The smallest absolute Gasteiger partial charge is 0.221 e. The second-order valence-electron chi connectivity index (χ2n) is 3.77. The molecule has 4 heteroatoms. The van der Waals surface area contributed by atoms with E-state index in [1.807, 2.05) is 31.2 Å². The highest BCUT2D eigenvalue weighted by molar-refractivity contribution is 5.76. The number of benzene rings is 1. The Morgan fingerprint density at radius 2 is 2.19 bits per heavy atom. The highest BCUT2D eigenvalue weighted by Crippen LogP contribution is 2.16. The van der Waals surface area contributed by atoms with E-state index < -0.39 is 0 Å². The highest BCUT2D eigenvalue weighted by Gasteiger charge is 2.06. The monoisotopic (exact) mass is 222 g/mol. The van der Waals surface area contributed by atoms with Gasteiger partial charge in [0.05, 0.1) is 7.11 Å². The van der Waals surface area contributed by atoms with Crippen molar-refractivity contribution in [3.63, 3.8) is 0 Å². The number of hydrogen-bond acceptors (Lipinski definition) is 3. The zero-order valence-electron chi connectivity index (χ0n) is 9.69. The summed E-state index contributed by atoms with van der Waals surface area (Å²) >= 11 is 0.